The smallest absolute Gasteiger partial charge is 0.380 e. The number of carbonyl (C=O) groups is 1. The molecular weight excluding hydrogens is 309 g/mol. The van der Waals surface area contributed by atoms with Crippen LogP contribution in [0.5, 0.6) is 0 Å². The molecule has 4 nitrogen and oxygen atoms in total. The summed E-state index contributed by atoms with van der Waals surface area (Å²) in [5, 5.41) is 2.77. The highest BCUT2D eigenvalue weighted by Gasteiger charge is 2.33. The molecule has 0 aliphatic carbocycles. The number of urea groups is 1. The fourth-order valence-corrected chi connectivity index (χ4v) is 2.61. The van der Waals surface area contributed by atoms with Gasteiger partial charge in [-0.1, -0.05) is 18.2 Å². The third kappa shape index (κ3) is 5.13. The van der Waals surface area contributed by atoms with E-state index in [4.69, 9.17) is 4.74 Å². The van der Waals surface area contributed by atoms with Gasteiger partial charge in [0.05, 0.1) is 12.2 Å². The minimum Gasteiger partial charge on any atom is -0.380 e. The van der Waals surface area contributed by atoms with Crippen LogP contribution in [0.15, 0.2) is 24.3 Å². The van der Waals surface area contributed by atoms with Gasteiger partial charge >= 0.3 is 12.2 Å². The number of hydrogen-bond acceptors (Lipinski definition) is 2. The van der Waals surface area contributed by atoms with E-state index in [0.29, 0.717) is 26.3 Å². The molecule has 7 heteroatoms. The molecule has 1 saturated heterocycles. The lowest BCUT2D eigenvalue weighted by Crippen LogP contribution is -2.45. The molecule has 0 radical (unpaired) electrons. The lowest BCUT2D eigenvalue weighted by molar-refractivity contribution is -0.138. The zero-order valence-corrected chi connectivity index (χ0v) is 13.0. The van der Waals surface area contributed by atoms with Crippen LogP contribution in [0.1, 0.15) is 24.5 Å². The van der Waals surface area contributed by atoms with Crippen molar-refractivity contribution in [2.75, 3.05) is 26.3 Å². The molecule has 1 aliphatic heterocycles. The number of nitrogens with zero attached hydrogens (tertiary/aromatic N) is 1. The van der Waals surface area contributed by atoms with Crippen molar-refractivity contribution in [1.82, 2.24) is 10.2 Å². The number of hydrogen-bond donors (Lipinski definition) is 1. The van der Waals surface area contributed by atoms with E-state index >= 15 is 0 Å². The van der Waals surface area contributed by atoms with Gasteiger partial charge in [0.25, 0.3) is 0 Å². The summed E-state index contributed by atoms with van der Waals surface area (Å²) >= 11 is 0. The standard InChI is InChI=1S/C16H21F3N2O2/c1-12(20-15(22)21-7-4-9-23-10-8-21)11-13-5-2-3-6-14(13)16(17,18)19/h2-3,5-6,12H,4,7-11H2,1H3,(H,20,22)/t12-/m0/s1. The summed E-state index contributed by atoms with van der Waals surface area (Å²) in [5.74, 6) is 0. The Balaban J connectivity index is 1.97. The summed E-state index contributed by atoms with van der Waals surface area (Å²) in [6, 6.07) is 4.81. The lowest BCUT2D eigenvalue weighted by Gasteiger charge is -2.24. The summed E-state index contributed by atoms with van der Waals surface area (Å²) < 4.78 is 44.2. The van der Waals surface area contributed by atoms with Crippen LogP contribution >= 0.6 is 0 Å². The topological polar surface area (TPSA) is 41.6 Å². The number of benzene rings is 1. The Morgan fingerprint density at radius 2 is 2.04 bits per heavy atom. The number of carbonyl (C=O) groups excluding carboxylic acids is 1. The Morgan fingerprint density at radius 3 is 2.78 bits per heavy atom. The number of ether oxygens (including phenoxy) is 1. The van der Waals surface area contributed by atoms with Crippen LogP contribution in [0.4, 0.5) is 18.0 Å². The van der Waals surface area contributed by atoms with Crippen LogP contribution in [-0.2, 0) is 17.3 Å². The van der Waals surface area contributed by atoms with Gasteiger partial charge in [0.2, 0.25) is 0 Å². The molecule has 2 rings (SSSR count). The molecule has 23 heavy (non-hydrogen) atoms. The highest BCUT2D eigenvalue weighted by molar-refractivity contribution is 5.74. The summed E-state index contributed by atoms with van der Waals surface area (Å²) in [6.45, 7) is 3.91. The van der Waals surface area contributed by atoms with Crippen LogP contribution in [0.25, 0.3) is 0 Å². The normalized spacial score (nSPS) is 17.5. The van der Waals surface area contributed by atoms with Gasteiger partial charge in [0.1, 0.15) is 0 Å². The van der Waals surface area contributed by atoms with Crippen molar-refractivity contribution in [3.05, 3.63) is 35.4 Å². The average molecular weight is 330 g/mol. The second kappa shape index (κ2) is 7.68. The zero-order valence-electron chi connectivity index (χ0n) is 13.0. The Morgan fingerprint density at radius 1 is 1.30 bits per heavy atom. The number of amides is 2. The number of halogens is 3. The predicted molar refractivity (Wildman–Crippen MR) is 80.2 cm³/mol. The maximum absolute atomic E-state index is 13.0. The molecular formula is C16H21F3N2O2. The molecule has 0 bridgehead atoms. The summed E-state index contributed by atoms with van der Waals surface area (Å²) in [4.78, 5) is 13.8. The third-order valence-electron chi connectivity index (χ3n) is 3.73. The fourth-order valence-electron chi connectivity index (χ4n) is 2.61. The Kier molecular flexibility index (Phi) is 5.87. The lowest BCUT2D eigenvalue weighted by atomic mass is 10.0. The van der Waals surface area contributed by atoms with E-state index in [1.54, 1.807) is 17.9 Å². The highest BCUT2D eigenvalue weighted by atomic mass is 19.4. The van der Waals surface area contributed by atoms with Gasteiger partial charge in [-0.25, -0.2) is 4.79 Å². The first-order valence-corrected chi connectivity index (χ1v) is 7.66. The molecule has 0 saturated carbocycles. The monoisotopic (exact) mass is 330 g/mol. The van der Waals surface area contributed by atoms with E-state index in [0.717, 1.165) is 12.5 Å². The van der Waals surface area contributed by atoms with Crippen molar-refractivity contribution in [3.8, 4) is 0 Å². The van der Waals surface area contributed by atoms with E-state index in [2.05, 4.69) is 5.32 Å². The number of nitrogens with one attached hydrogen (secondary N) is 1. The predicted octanol–water partition coefficient (Wildman–Crippen LogP) is 3.07. The van der Waals surface area contributed by atoms with Gasteiger partial charge in [-0.05, 0) is 31.4 Å². The summed E-state index contributed by atoms with van der Waals surface area (Å²) in [6.07, 6.45) is -3.49. The Hall–Kier alpha value is -1.76. The molecule has 128 valence electrons. The van der Waals surface area contributed by atoms with Crippen LogP contribution in [0.3, 0.4) is 0 Å². The quantitative estimate of drug-likeness (QED) is 0.925. The molecule has 0 unspecified atom stereocenters. The van der Waals surface area contributed by atoms with Crippen LogP contribution in [0, 0.1) is 0 Å². The highest BCUT2D eigenvalue weighted by Crippen LogP contribution is 2.32. The molecule has 1 fully saturated rings. The van der Waals surface area contributed by atoms with Crippen molar-refractivity contribution < 1.29 is 22.7 Å². The molecule has 1 aromatic carbocycles. The molecule has 2 amide bonds. The van der Waals surface area contributed by atoms with E-state index < -0.39 is 17.8 Å². The van der Waals surface area contributed by atoms with Crippen LogP contribution in [0.2, 0.25) is 0 Å². The second-order valence-electron chi connectivity index (χ2n) is 5.66. The van der Waals surface area contributed by atoms with Crippen molar-refractivity contribution in [2.24, 2.45) is 0 Å². The molecule has 1 atom stereocenters. The van der Waals surface area contributed by atoms with Gasteiger partial charge in [-0.3, -0.25) is 0 Å². The molecule has 1 N–H and O–H groups in total. The van der Waals surface area contributed by atoms with E-state index in [1.807, 2.05) is 0 Å². The molecule has 1 heterocycles. The maximum atomic E-state index is 13.0. The van der Waals surface area contributed by atoms with Crippen molar-refractivity contribution in [3.63, 3.8) is 0 Å². The average Bonchev–Trinajstić information content (AvgIpc) is 2.75. The first-order chi connectivity index (χ1) is 10.9. The fraction of sp³-hybridized carbons (Fsp3) is 0.562. The SMILES string of the molecule is C[C@@H](Cc1ccccc1C(F)(F)F)NC(=O)N1CCCOCC1. The molecule has 0 spiro atoms. The Bertz CT molecular complexity index is 526. The van der Waals surface area contributed by atoms with E-state index in [1.165, 1.54) is 12.1 Å². The zero-order chi connectivity index (χ0) is 16.9. The van der Waals surface area contributed by atoms with E-state index in [9.17, 15) is 18.0 Å². The summed E-state index contributed by atoms with van der Waals surface area (Å²) in [5.41, 5.74) is -0.462. The maximum Gasteiger partial charge on any atom is 0.416 e. The third-order valence-corrected chi connectivity index (χ3v) is 3.73. The van der Waals surface area contributed by atoms with Crippen molar-refractivity contribution in [1.29, 1.82) is 0 Å². The first kappa shape index (κ1) is 17.6. The van der Waals surface area contributed by atoms with Crippen molar-refractivity contribution >= 4 is 6.03 Å². The van der Waals surface area contributed by atoms with E-state index in [-0.39, 0.29) is 18.0 Å². The minimum atomic E-state index is -4.39. The molecule has 0 aromatic heterocycles. The number of rotatable bonds is 3. The first-order valence-electron chi connectivity index (χ1n) is 7.66. The summed E-state index contributed by atoms with van der Waals surface area (Å²) in [7, 11) is 0. The van der Waals surface area contributed by atoms with Gasteiger partial charge in [0.15, 0.2) is 0 Å². The number of alkyl halides is 3. The molecule has 1 aliphatic rings. The Labute approximate surface area is 133 Å². The van der Waals surface area contributed by atoms with Gasteiger partial charge < -0.3 is 15.0 Å². The van der Waals surface area contributed by atoms with Crippen molar-refractivity contribution in [2.45, 2.75) is 32.0 Å². The van der Waals surface area contributed by atoms with Crippen LogP contribution < -0.4 is 5.32 Å². The minimum absolute atomic E-state index is 0.131. The molecule has 1 aromatic rings. The van der Waals surface area contributed by atoms with Crippen LogP contribution in [-0.4, -0.2) is 43.3 Å². The van der Waals surface area contributed by atoms with Gasteiger partial charge in [0, 0.05) is 25.7 Å². The van der Waals surface area contributed by atoms with Gasteiger partial charge in [-0.15, -0.1) is 0 Å². The van der Waals surface area contributed by atoms with Gasteiger partial charge in [-0.2, -0.15) is 13.2 Å². The second-order valence-corrected chi connectivity index (χ2v) is 5.66. The largest absolute Gasteiger partial charge is 0.416 e.